The maximum Gasteiger partial charge on any atom is 0.119 e. The lowest BCUT2D eigenvalue weighted by Gasteiger charge is -2.07. The molecular weight excluding hydrogens is 214 g/mol. The number of hydrogen-bond acceptors (Lipinski definition) is 3. The van der Waals surface area contributed by atoms with Crippen LogP contribution in [0.25, 0.3) is 0 Å². The molecule has 3 heteroatoms. The van der Waals surface area contributed by atoms with Crippen LogP contribution in [0.3, 0.4) is 0 Å². The molecule has 0 amide bonds. The standard InChI is InChI=1S/C14H23NO2/c1-2-11-16-12-6-9-15-10-13-17-14-7-4-3-5-8-14/h3-5,7-8,15H,2,6,9-13H2,1H3. The molecule has 0 saturated carbocycles. The Morgan fingerprint density at radius 3 is 2.59 bits per heavy atom. The zero-order valence-electron chi connectivity index (χ0n) is 10.7. The Balaban J connectivity index is 1.85. The van der Waals surface area contributed by atoms with Crippen LogP contribution in [0.15, 0.2) is 30.3 Å². The fourth-order valence-corrected chi connectivity index (χ4v) is 1.43. The molecule has 0 aliphatic carbocycles. The summed E-state index contributed by atoms with van der Waals surface area (Å²) in [6.45, 7) is 6.42. The topological polar surface area (TPSA) is 30.5 Å². The van der Waals surface area contributed by atoms with Gasteiger partial charge in [-0.1, -0.05) is 25.1 Å². The van der Waals surface area contributed by atoms with Crippen molar-refractivity contribution in [1.82, 2.24) is 5.32 Å². The van der Waals surface area contributed by atoms with Gasteiger partial charge < -0.3 is 14.8 Å². The molecule has 0 aromatic heterocycles. The predicted octanol–water partition coefficient (Wildman–Crippen LogP) is 2.47. The Morgan fingerprint density at radius 2 is 1.82 bits per heavy atom. The van der Waals surface area contributed by atoms with Crippen molar-refractivity contribution in [3.63, 3.8) is 0 Å². The smallest absolute Gasteiger partial charge is 0.119 e. The molecule has 0 unspecified atom stereocenters. The quantitative estimate of drug-likeness (QED) is 0.634. The first-order valence-corrected chi connectivity index (χ1v) is 6.40. The van der Waals surface area contributed by atoms with E-state index in [9.17, 15) is 0 Å². The first-order chi connectivity index (χ1) is 8.43. The van der Waals surface area contributed by atoms with E-state index in [0.29, 0.717) is 6.61 Å². The summed E-state index contributed by atoms with van der Waals surface area (Å²) in [7, 11) is 0. The average molecular weight is 237 g/mol. The fraction of sp³-hybridized carbons (Fsp3) is 0.571. The zero-order chi connectivity index (χ0) is 12.2. The van der Waals surface area contributed by atoms with E-state index in [2.05, 4.69) is 12.2 Å². The van der Waals surface area contributed by atoms with Gasteiger partial charge in [0.25, 0.3) is 0 Å². The Morgan fingerprint density at radius 1 is 1.00 bits per heavy atom. The number of benzene rings is 1. The highest BCUT2D eigenvalue weighted by Gasteiger charge is 1.92. The van der Waals surface area contributed by atoms with Crippen molar-refractivity contribution in [1.29, 1.82) is 0 Å². The molecule has 17 heavy (non-hydrogen) atoms. The van der Waals surface area contributed by atoms with Gasteiger partial charge in [0.15, 0.2) is 0 Å². The summed E-state index contributed by atoms with van der Waals surface area (Å²) >= 11 is 0. The molecule has 0 saturated heterocycles. The summed E-state index contributed by atoms with van der Waals surface area (Å²) in [6.07, 6.45) is 2.16. The summed E-state index contributed by atoms with van der Waals surface area (Å²) in [5.74, 6) is 0.931. The lowest BCUT2D eigenvalue weighted by Crippen LogP contribution is -2.23. The summed E-state index contributed by atoms with van der Waals surface area (Å²) in [6, 6.07) is 9.89. The number of rotatable bonds is 10. The van der Waals surface area contributed by atoms with E-state index in [4.69, 9.17) is 9.47 Å². The minimum Gasteiger partial charge on any atom is -0.492 e. The summed E-state index contributed by atoms with van der Waals surface area (Å²) < 4.78 is 10.9. The van der Waals surface area contributed by atoms with Crippen LogP contribution in [0.2, 0.25) is 0 Å². The van der Waals surface area contributed by atoms with Crippen molar-refractivity contribution in [2.24, 2.45) is 0 Å². The molecule has 0 aliphatic heterocycles. The van der Waals surface area contributed by atoms with E-state index in [-0.39, 0.29) is 0 Å². The molecule has 1 rings (SSSR count). The molecule has 3 nitrogen and oxygen atoms in total. The first kappa shape index (κ1) is 14.0. The van der Waals surface area contributed by atoms with Crippen molar-refractivity contribution in [2.45, 2.75) is 19.8 Å². The highest BCUT2D eigenvalue weighted by atomic mass is 16.5. The molecule has 0 aliphatic rings. The lowest BCUT2D eigenvalue weighted by atomic mass is 10.3. The number of nitrogens with one attached hydrogen (secondary N) is 1. The maximum absolute atomic E-state index is 5.56. The molecule has 0 atom stereocenters. The summed E-state index contributed by atoms with van der Waals surface area (Å²) in [5.41, 5.74) is 0. The number of para-hydroxylation sites is 1. The van der Waals surface area contributed by atoms with Gasteiger partial charge in [-0.15, -0.1) is 0 Å². The molecule has 1 N–H and O–H groups in total. The van der Waals surface area contributed by atoms with Crippen LogP contribution in [0, 0.1) is 0 Å². The average Bonchev–Trinajstić information content (AvgIpc) is 2.38. The van der Waals surface area contributed by atoms with Crippen LogP contribution in [0.1, 0.15) is 19.8 Å². The highest BCUT2D eigenvalue weighted by Crippen LogP contribution is 2.07. The van der Waals surface area contributed by atoms with Gasteiger partial charge >= 0.3 is 0 Å². The molecule has 96 valence electrons. The molecular formula is C14H23NO2. The minimum absolute atomic E-state index is 0.708. The largest absolute Gasteiger partial charge is 0.492 e. The van der Waals surface area contributed by atoms with E-state index in [1.165, 1.54) is 0 Å². The number of hydrogen-bond donors (Lipinski definition) is 1. The van der Waals surface area contributed by atoms with Crippen molar-refractivity contribution in [3.8, 4) is 5.75 Å². The van der Waals surface area contributed by atoms with Crippen molar-refractivity contribution >= 4 is 0 Å². The third-order valence-corrected chi connectivity index (χ3v) is 2.28. The van der Waals surface area contributed by atoms with Gasteiger partial charge in [0, 0.05) is 19.8 Å². The van der Waals surface area contributed by atoms with Crippen LogP contribution < -0.4 is 10.1 Å². The third kappa shape index (κ3) is 7.77. The van der Waals surface area contributed by atoms with Gasteiger partial charge in [-0.05, 0) is 31.5 Å². The first-order valence-electron chi connectivity index (χ1n) is 6.40. The van der Waals surface area contributed by atoms with Gasteiger partial charge in [0.2, 0.25) is 0 Å². The normalized spacial score (nSPS) is 10.4. The lowest BCUT2D eigenvalue weighted by molar-refractivity contribution is 0.132. The summed E-state index contributed by atoms with van der Waals surface area (Å²) in [4.78, 5) is 0. The van der Waals surface area contributed by atoms with Gasteiger partial charge in [-0.3, -0.25) is 0 Å². The van der Waals surface area contributed by atoms with Crippen LogP contribution >= 0.6 is 0 Å². The SMILES string of the molecule is CCCOCCCNCCOc1ccccc1. The van der Waals surface area contributed by atoms with Crippen molar-refractivity contribution in [2.75, 3.05) is 32.9 Å². The Bertz CT molecular complexity index is 264. The van der Waals surface area contributed by atoms with Crippen LogP contribution in [-0.2, 0) is 4.74 Å². The fourth-order valence-electron chi connectivity index (χ4n) is 1.43. The second kappa shape index (κ2) is 10.1. The van der Waals surface area contributed by atoms with Crippen LogP contribution in [0.4, 0.5) is 0 Å². The highest BCUT2D eigenvalue weighted by molar-refractivity contribution is 5.20. The molecule has 0 fully saturated rings. The zero-order valence-corrected chi connectivity index (χ0v) is 10.7. The molecule has 0 bridgehead atoms. The van der Waals surface area contributed by atoms with Crippen LogP contribution in [-0.4, -0.2) is 32.9 Å². The Kier molecular flexibility index (Phi) is 8.33. The van der Waals surface area contributed by atoms with Gasteiger partial charge in [0.1, 0.15) is 12.4 Å². The van der Waals surface area contributed by atoms with E-state index < -0.39 is 0 Å². The second-order valence-electron chi connectivity index (χ2n) is 3.88. The molecule has 1 aromatic rings. The van der Waals surface area contributed by atoms with Crippen molar-refractivity contribution < 1.29 is 9.47 Å². The van der Waals surface area contributed by atoms with Crippen molar-refractivity contribution in [3.05, 3.63) is 30.3 Å². The molecule has 0 heterocycles. The molecule has 1 aromatic carbocycles. The Hall–Kier alpha value is -1.06. The minimum atomic E-state index is 0.708. The van der Waals surface area contributed by atoms with E-state index in [1.807, 2.05) is 30.3 Å². The second-order valence-corrected chi connectivity index (χ2v) is 3.88. The summed E-state index contributed by atoms with van der Waals surface area (Å²) in [5, 5.41) is 3.33. The Labute approximate surface area is 104 Å². The molecule has 0 radical (unpaired) electrons. The predicted molar refractivity (Wildman–Crippen MR) is 70.5 cm³/mol. The van der Waals surface area contributed by atoms with E-state index >= 15 is 0 Å². The van der Waals surface area contributed by atoms with Gasteiger partial charge in [-0.25, -0.2) is 0 Å². The monoisotopic (exact) mass is 237 g/mol. The molecule has 0 spiro atoms. The maximum atomic E-state index is 5.56. The van der Waals surface area contributed by atoms with Gasteiger partial charge in [-0.2, -0.15) is 0 Å². The number of ether oxygens (including phenoxy) is 2. The third-order valence-electron chi connectivity index (χ3n) is 2.28. The van der Waals surface area contributed by atoms with Gasteiger partial charge in [0.05, 0.1) is 0 Å². The van der Waals surface area contributed by atoms with E-state index in [0.717, 1.165) is 44.9 Å². The van der Waals surface area contributed by atoms with Crippen LogP contribution in [0.5, 0.6) is 5.75 Å². The van der Waals surface area contributed by atoms with E-state index in [1.54, 1.807) is 0 Å².